The second kappa shape index (κ2) is 5.06. The topological polar surface area (TPSA) is 91.8 Å². The van der Waals surface area contributed by atoms with Gasteiger partial charge in [0, 0.05) is 25.9 Å². The summed E-state index contributed by atoms with van der Waals surface area (Å²) in [5.41, 5.74) is 2.03. The Bertz CT molecular complexity index is 933. The van der Waals surface area contributed by atoms with Crippen molar-refractivity contribution in [1.29, 1.82) is 0 Å². The van der Waals surface area contributed by atoms with Gasteiger partial charge in [0.1, 0.15) is 5.82 Å². The lowest BCUT2D eigenvalue weighted by molar-refractivity contribution is 0.593. The number of hydrogen-bond acceptors (Lipinski definition) is 6. The molecule has 0 unspecified atom stereocenters. The van der Waals surface area contributed by atoms with Gasteiger partial charge in [-0.25, -0.2) is 13.4 Å². The number of fused-ring (bicyclic) bond motifs is 1. The predicted molar refractivity (Wildman–Crippen MR) is 84.6 cm³/mol. The zero-order valence-electron chi connectivity index (χ0n) is 12.4. The fourth-order valence-corrected chi connectivity index (χ4v) is 2.69. The summed E-state index contributed by atoms with van der Waals surface area (Å²) in [6, 6.07) is 9.65. The number of nitrogens with zero attached hydrogens (tertiary/aromatic N) is 4. The van der Waals surface area contributed by atoms with E-state index in [0.29, 0.717) is 16.9 Å². The standard InChI is InChI=1S/C14H15N5O2S/c1-19(2)13-10-11(9-7-5-4-6-8-9)17-18-12(10)15-14(16-13)22(3,20)21/h4-8H,1-3H3,(H,15,16,17,18). The van der Waals surface area contributed by atoms with Crippen molar-refractivity contribution in [3.05, 3.63) is 30.3 Å². The first-order valence-corrected chi connectivity index (χ1v) is 8.46. The Kier molecular flexibility index (Phi) is 3.32. The minimum atomic E-state index is -3.51. The average molecular weight is 317 g/mol. The zero-order chi connectivity index (χ0) is 15.9. The van der Waals surface area contributed by atoms with Gasteiger partial charge in [-0.2, -0.15) is 10.1 Å². The maximum absolute atomic E-state index is 11.7. The van der Waals surface area contributed by atoms with Gasteiger partial charge in [0.2, 0.25) is 9.84 Å². The maximum atomic E-state index is 11.7. The molecular formula is C14H15N5O2S. The van der Waals surface area contributed by atoms with Crippen molar-refractivity contribution in [2.24, 2.45) is 0 Å². The van der Waals surface area contributed by atoms with Crippen LogP contribution in [0.1, 0.15) is 0 Å². The van der Waals surface area contributed by atoms with Crippen molar-refractivity contribution < 1.29 is 8.42 Å². The molecule has 8 heteroatoms. The highest BCUT2D eigenvalue weighted by atomic mass is 32.2. The molecular weight excluding hydrogens is 302 g/mol. The van der Waals surface area contributed by atoms with E-state index in [1.807, 2.05) is 30.3 Å². The quantitative estimate of drug-likeness (QED) is 0.736. The number of hydrogen-bond donors (Lipinski definition) is 1. The lowest BCUT2D eigenvalue weighted by atomic mass is 10.1. The van der Waals surface area contributed by atoms with Crippen LogP contribution in [0.15, 0.2) is 35.5 Å². The molecule has 22 heavy (non-hydrogen) atoms. The molecule has 1 aromatic carbocycles. The van der Waals surface area contributed by atoms with E-state index in [-0.39, 0.29) is 5.16 Å². The molecule has 0 aliphatic carbocycles. The molecule has 0 aliphatic rings. The fourth-order valence-electron chi connectivity index (χ4n) is 2.19. The molecule has 0 fully saturated rings. The van der Waals surface area contributed by atoms with Crippen LogP contribution < -0.4 is 4.90 Å². The molecule has 3 aromatic rings. The first-order chi connectivity index (χ1) is 10.4. The number of sulfone groups is 1. The molecule has 2 heterocycles. The van der Waals surface area contributed by atoms with E-state index in [1.165, 1.54) is 0 Å². The van der Waals surface area contributed by atoms with Crippen LogP contribution in [0.25, 0.3) is 22.3 Å². The monoisotopic (exact) mass is 317 g/mol. The van der Waals surface area contributed by atoms with Gasteiger partial charge < -0.3 is 4.90 Å². The number of nitrogens with one attached hydrogen (secondary N) is 1. The smallest absolute Gasteiger partial charge is 0.250 e. The van der Waals surface area contributed by atoms with Crippen LogP contribution in [0.2, 0.25) is 0 Å². The summed E-state index contributed by atoms with van der Waals surface area (Å²) in [4.78, 5) is 10.0. The Labute approximate surface area is 127 Å². The van der Waals surface area contributed by atoms with E-state index in [2.05, 4.69) is 20.2 Å². The van der Waals surface area contributed by atoms with Crippen LogP contribution in [0.3, 0.4) is 0 Å². The largest absolute Gasteiger partial charge is 0.362 e. The van der Waals surface area contributed by atoms with Gasteiger partial charge in [0.15, 0.2) is 5.65 Å². The van der Waals surface area contributed by atoms with Gasteiger partial charge in [-0.05, 0) is 0 Å². The highest BCUT2D eigenvalue weighted by Crippen LogP contribution is 2.31. The van der Waals surface area contributed by atoms with Crippen LogP contribution in [0.5, 0.6) is 0 Å². The number of anilines is 1. The Morgan fingerprint density at radius 2 is 1.77 bits per heavy atom. The molecule has 0 saturated heterocycles. The van der Waals surface area contributed by atoms with E-state index < -0.39 is 9.84 Å². The summed E-state index contributed by atoms with van der Waals surface area (Å²) < 4.78 is 23.5. The van der Waals surface area contributed by atoms with Gasteiger partial charge in [-0.1, -0.05) is 30.3 Å². The molecule has 7 nitrogen and oxygen atoms in total. The number of benzene rings is 1. The third kappa shape index (κ3) is 2.41. The summed E-state index contributed by atoms with van der Waals surface area (Å²) in [7, 11) is 0.0939. The lowest BCUT2D eigenvalue weighted by Crippen LogP contribution is -2.14. The fraction of sp³-hybridized carbons (Fsp3) is 0.214. The SMILES string of the molecule is CN(C)c1nc(S(C)(=O)=O)nc2n[nH]c(-c3ccccc3)c12. The van der Waals surface area contributed by atoms with Crippen LogP contribution in [0.4, 0.5) is 5.82 Å². The molecule has 2 aromatic heterocycles. The molecule has 0 spiro atoms. The van der Waals surface area contributed by atoms with Gasteiger partial charge in [-0.3, -0.25) is 5.10 Å². The Hall–Kier alpha value is -2.48. The normalized spacial score (nSPS) is 11.8. The third-order valence-corrected chi connectivity index (χ3v) is 4.04. The van der Waals surface area contributed by atoms with Gasteiger partial charge in [0.05, 0.1) is 11.1 Å². The van der Waals surface area contributed by atoms with E-state index in [9.17, 15) is 8.42 Å². The molecule has 0 bridgehead atoms. The first kappa shape index (κ1) is 14.5. The Morgan fingerprint density at radius 1 is 1.09 bits per heavy atom. The molecule has 0 atom stereocenters. The highest BCUT2D eigenvalue weighted by Gasteiger charge is 2.21. The molecule has 0 saturated carbocycles. The minimum Gasteiger partial charge on any atom is -0.362 e. The summed E-state index contributed by atoms with van der Waals surface area (Å²) in [5, 5.41) is 7.55. The summed E-state index contributed by atoms with van der Waals surface area (Å²) in [5.74, 6) is 0.512. The number of rotatable bonds is 3. The predicted octanol–water partition coefficient (Wildman–Crippen LogP) is 1.49. The average Bonchev–Trinajstić information content (AvgIpc) is 2.90. The van der Waals surface area contributed by atoms with Gasteiger partial charge >= 0.3 is 0 Å². The van der Waals surface area contributed by atoms with Gasteiger partial charge in [-0.15, -0.1) is 0 Å². The zero-order valence-corrected chi connectivity index (χ0v) is 13.2. The van der Waals surface area contributed by atoms with E-state index in [4.69, 9.17) is 0 Å². The Morgan fingerprint density at radius 3 is 2.36 bits per heavy atom. The van der Waals surface area contributed by atoms with Crippen molar-refractivity contribution >= 4 is 26.7 Å². The van der Waals surface area contributed by atoms with E-state index in [0.717, 1.165) is 17.5 Å². The molecule has 1 N–H and O–H groups in total. The number of aromatic amines is 1. The highest BCUT2D eigenvalue weighted by molar-refractivity contribution is 7.90. The van der Waals surface area contributed by atoms with Crippen molar-refractivity contribution in [3.8, 4) is 11.3 Å². The maximum Gasteiger partial charge on any atom is 0.250 e. The Balaban J connectivity index is 2.36. The second-order valence-electron chi connectivity index (χ2n) is 5.16. The van der Waals surface area contributed by atoms with Crippen molar-refractivity contribution in [2.75, 3.05) is 25.3 Å². The summed E-state index contributed by atoms with van der Waals surface area (Å²) >= 11 is 0. The third-order valence-electron chi connectivity index (χ3n) is 3.19. The first-order valence-electron chi connectivity index (χ1n) is 6.57. The van der Waals surface area contributed by atoms with Crippen LogP contribution >= 0.6 is 0 Å². The van der Waals surface area contributed by atoms with Crippen molar-refractivity contribution in [1.82, 2.24) is 20.2 Å². The number of aromatic nitrogens is 4. The van der Waals surface area contributed by atoms with Crippen LogP contribution in [-0.4, -0.2) is 48.9 Å². The molecule has 3 rings (SSSR count). The van der Waals surface area contributed by atoms with Crippen molar-refractivity contribution in [3.63, 3.8) is 0 Å². The molecule has 0 aliphatic heterocycles. The number of H-pyrrole nitrogens is 1. The second-order valence-corrected chi connectivity index (χ2v) is 7.07. The van der Waals surface area contributed by atoms with E-state index >= 15 is 0 Å². The lowest BCUT2D eigenvalue weighted by Gasteiger charge is -2.13. The molecule has 0 amide bonds. The molecule has 114 valence electrons. The molecule has 0 radical (unpaired) electrons. The van der Waals surface area contributed by atoms with Crippen LogP contribution in [0, 0.1) is 0 Å². The van der Waals surface area contributed by atoms with Crippen LogP contribution in [-0.2, 0) is 9.84 Å². The van der Waals surface area contributed by atoms with Crippen molar-refractivity contribution in [2.45, 2.75) is 5.16 Å². The van der Waals surface area contributed by atoms with E-state index in [1.54, 1.807) is 19.0 Å². The summed E-state index contributed by atoms with van der Waals surface area (Å²) in [6.07, 6.45) is 1.08. The van der Waals surface area contributed by atoms with Gasteiger partial charge in [0.25, 0.3) is 5.16 Å². The summed E-state index contributed by atoms with van der Waals surface area (Å²) in [6.45, 7) is 0. The minimum absolute atomic E-state index is 0.227.